The Balaban J connectivity index is 2.03. The van der Waals surface area contributed by atoms with E-state index in [0.717, 1.165) is 28.8 Å². The number of ether oxygens (including phenoxy) is 3. The summed E-state index contributed by atoms with van der Waals surface area (Å²) < 4.78 is 15.7. The predicted octanol–water partition coefficient (Wildman–Crippen LogP) is 4.61. The van der Waals surface area contributed by atoms with E-state index in [1.807, 2.05) is 30.3 Å². The van der Waals surface area contributed by atoms with E-state index < -0.39 is 6.09 Å². The van der Waals surface area contributed by atoms with E-state index >= 15 is 0 Å². The number of rotatable bonds is 4. The fourth-order valence-electron chi connectivity index (χ4n) is 3.55. The number of anilines is 1. The number of nitrogens with zero attached hydrogens (tertiary/aromatic N) is 1. The van der Waals surface area contributed by atoms with Crippen molar-refractivity contribution in [2.75, 3.05) is 26.2 Å². The van der Waals surface area contributed by atoms with Crippen molar-refractivity contribution >= 4 is 11.8 Å². The molecule has 2 aromatic rings. The zero-order valence-electron chi connectivity index (χ0n) is 16.4. The van der Waals surface area contributed by atoms with Crippen LogP contribution >= 0.6 is 0 Å². The smallest absolute Gasteiger partial charge is 0.418 e. The number of fused-ring (bicyclic) bond motifs is 1. The molecule has 1 atom stereocenters. The van der Waals surface area contributed by atoms with Crippen LogP contribution in [-0.4, -0.2) is 27.4 Å². The van der Waals surface area contributed by atoms with Crippen LogP contribution in [0, 0.1) is 6.92 Å². The monoisotopic (exact) mass is 367 g/mol. The normalized spacial score (nSPS) is 18.0. The first kappa shape index (κ1) is 18.8. The summed E-state index contributed by atoms with van der Waals surface area (Å²) in [5, 5.41) is 0. The van der Waals surface area contributed by atoms with Gasteiger partial charge in [0.25, 0.3) is 0 Å². The molecule has 5 heteroatoms. The maximum atomic E-state index is 12.2. The Morgan fingerprint density at radius 3 is 2.44 bits per heavy atom. The Labute approximate surface area is 160 Å². The summed E-state index contributed by atoms with van der Waals surface area (Å²) in [5.41, 5.74) is 3.93. The molecule has 1 aliphatic rings. The van der Waals surface area contributed by atoms with E-state index in [2.05, 4.69) is 26.0 Å². The van der Waals surface area contributed by atoms with Gasteiger partial charge in [-0.1, -0.05) is 36.8 Å². The number of allylic oxidation sites excluding steroid dienone is 1. The van der Waals surface area contributed by atoms with Crippen molar-refractivity contribution in [3.05, 3.63) is 65.4 Å². The SMILES string of the molecule is COC(=O)N1C=CC(C)(Cc2ccc(OC)c(OC)c2)c2cc(C)ccc21. The van der Waals surface area contributed by atoms with Crippen LogP contribution in [0.2, 0.25) is 0 Å². The van der Waals surface area contributed by atoms with E-state index in [0.29, 0.717) is 11.5 Å². The average Bonchev–Trinajstić information content (AvgIpc) is 2.68. The second-order valence-electron chi connectivity index (χ2n) is 6.96. The molecule has 0 aromatic heterocycles. The number of carbonyl (C=O) groups excluding carboxylic acids is 1. The fourth-order valence-corrected chi connectivity index (χ4v) is 3.55. The molecule has 1 heterocycles. The Kier molecular flexibility index (Phi) is 5.13. The Hall–Kier alpha value is -2.95. The lowest BCUT2D eigenvalue weighted by molar-refractivity contribution is 0.181. The molecular formula is C22H25NO4. The highest BCUT2D eigenvalue weighted by Gasteiger charge is 2.34. The quantitative estimate of drug-likeness (QED) is 0.792. The van der Waals surface area contributed by atoms with E-state index in [4.69, 9.17) is 14.2 Å². The molecule has 0 saturated heterocycles. The minimum atomic E-state index is -0.399. The van der Waals surface area contributed by atoms with Gasteiger partial charge in [0, 0.05) is 11.6 Å². The predicted molar refractivity (Wildman–Crippen MR) is 106 cm³/mol. The van der Waals surface area contributed by atoms with Crippen molar-refractivity contribution in [1.29, 1.82) is 0 Å². The second-order valence-corrected chi connectivity index (χ2v) is 6.96. The number of hydrogen-bond acceptors (Lipinski definition) is 4. The molecule has 1 aliphatic heterocycles. The standard InChI is InChI=1S/C22H25NO4/c1-15-6-8-18-17(12-15)22(2,10-11-23(18)21(24)27-5)14-16-7-9-19(25-3)20(13-16)26-4/h6-13H,14H2,1-5H3. The Morgan fingerprint density at radius 1 is 1.04 bits per heavy atom. The third-order valence-corrected chi connectivity index (χ3v) is 5.01. The van der Waals surface area contributed by atoms with Gasteiger partial charge in [-0.05, 0) is 42.7 Å². The lowest BCUT2D eigenvalue weighted by atomic mass is 9.74. The highest BCUT2D eigenvalue weighted by Crippen LogP contribution is 2.42. The van der Waals surface area contributed by atoms with Crippen molar-refractivity contribution in [3.8, 4) is 11.5 Å². The van der Waals surface area contributed by atoms with Crippen LogP contribution in [0.5, 0.6) is 11.5 Å². The topological polar surface area (TPSA) is 48.0 Å². The second kappa shape index (κ2) is 7.35. The number of aryl methyl sites for hydroxylation is 1. The van der Waals surface area contributed by atoms with E-state index in [1.165, 1.54) is 7.11 Å². The van der Waals surface area contributed by atoms with Gasteiger partial charge in [-0.2, -0.15) is 0 Å². The summed E-state index contributed by atoms with van der Waals surface area (Å²) in [6.07, 6.45) is 4.21. The molecule has 0 spiro atoms. The molecule has 0 bridgehead atoms. The van der Waals surface area contributed by atoms with Crippen LogP contribution in [0.3, 0.4) is 0 Å². The van der Waals surface area contributed by atoms with Crippen molar-refractivity contribution in [2.45, 2.75) is 25.7 Å². The number of amides is 1. The summed E-state index contributed by atoms with van der Waals surface area (Å²) in [7, 11) is 4.65. The summed E-state index contributed by atoms with van der Waals surface area (Å²) in [6.45, 7) is 4.23. The third-order valence-electron chi connectivity index (χ3n) is 5.01. The van der Waals surface area contributed by atoms with Gasteiger partial charge in [0.2, 0.25) is 0 Å². The maximum absolute atomic E-state index is 12.2. The molecule has 0 saturated carbocycles. The van der Waals surface area contributed by atoms with Crippen LogP contribution in [0.15, 0.2) is 48.7 Å². The van der Waals surface area contributed by atoms with E-state index in [9.17, 15) is 4.79 Å². The van der Waals surface area contributed by atoms with Gasteiger partial charge in [0.15, 0.2) is 11.5 Å². The molecule has 1 unspecified atom stereocenters. The number of methoxy groups -OCH3 is 3. The zero-order valence-corrected chi connectivity index (χ0v) is 16.4. The number of hydrogen-bond donors (Lipinski definition) is 0. The van der Waals surface area contributed by atoms with E-state index in [1.54, 1.807) is 25.3 Å². The molecule has 0 N–H and O–H groups in total. The Morgan fingerprint density at radius 2 is 1.78 bits per heavy atom. The minimum absolute atomic E-state index is 0.272. The highest BCUT2D eigenvalue weighted by molar-refractivity contribution is 5.92. The van der Waals surface area contributed by atoms with Gasteiger partial charge >= 0.3 is 6.09 Å². The van der Waals surface area contributed by atoms with Gasteiger partial charge in [0.1, 0.15) is 0 Å². The summed E-state index contributed by atoms with van der Waals surface area (Å²) in [6, 6.07) is 12.1. The van der Waals surface area contributed by atoms with Gasteiger partial charge in [-0.25, -0.2) is 4.79 Å². The van der Waals surface area contributed by atoms with Crippen LogP contribution in [0.25, 0.3) is 0 Å². The van der Waals surface area contributed by atoms with Crippen LogP contribution in [0.1, 0.15) is 23.6 Å². The van der Waals surface area contributed by atoms with Crippen LogP contribution in [-0.2, 0) is 16.6 Å². The zero-order chi connectivity index (χ0) is 19.6. The first-order chi connectivity index (χ1) is 12.9. The number of benzene rings is 2. The minimum Gasteiger partial charge on any atom is -0.493 e. The first-order valence-electron chi connectivity index (χ1n) is 8.80. The first-order valence-corrected chi connectivity index (χ1v) is 8.80. The fraction of sp³-hybridized carbons (Fsp3) is 0.318. The van der Waals surface area contributed by atoms with Crippen molar-refractivity contribution in [2.24, 2.45) is 0 Å². The lowest BCUT2D eigenvalue weighted by Crippen LogP contribution is -2.35. The molecule has 0 aliphatic carbocycles. The molecule has 3 rings (SSSR count). The van der Waals surface area contributed by atoms with Gasteiger partial charge < -0.3 is 14.2 Å². The molecule has 2 aromatic carbocycles. The maximum Gasteiger partial charge on any atom is 0.418 e. The van der Waals surface area contributed by atoms with Crippen molar-refractivity contribution in [3.63, 3.8) is 0 Å². The van der Waals surface area contributed by atoms with Crippen LogP contribution < -0.4 is 14.4 Å². The molecule has 0 radical (unpaired) electrons. The molecule has 0 fully saturated rings. The lowest BCUT2D eigenvalue weighted by Gasteiger charge is -2.36. The third kappa shape index (κ3) is 3.50. The highest BCUT2D eigenvalue weighted by atomic mass is 16.5. The van der Waals surface area contributed by atoms with E-state index in [-0.39, 0.29) is 5.41 Å². The van der Waals surface area contributed by atoms with Crippen molar-refractivity contribution < 1.29 is 19.0 Å². The van der Waals surface area contributed by atoms with Gasteiger partial charge in [-0.3, -0.25) is 4.90 Å². The summed E-state index contributed by atoms with van der Waals surface area (Å²) in [4.78, 5) is 13.7. The number of carbonyl (C=O) groups is 1. The summed E-state index contributed by atoms with van der Waals surface area (Å²) in [5.74, 6) is 1.41. The Bertz CT molecular complexity index is 890. The summed E-state index contributed by atoms with van der Waals surface area (Å²) >= 11 is 0. The molecule has 27 heavy (non-hydrogen) atoms. The molecule has 5 nitrogen and oxygen atoms in total. The largest absolute Gasteiger partial charge is 0.493 e. The average molecular weight is 367 g/mol. The molecule has 1 amide bonds. The van der Waals surface area contributed by atoms with Crippen LogP contribution in [0.4, 0.5) is 10.5 Å². The van der Waals surface area contributed by atoms with Crippen molar-refractivity contribution in [1.82, 2.24) is 0 Å². The van der Waals surface area contributed by atoms with Gasteiger partial charge in [0.05, 0.1) is 27.0 Å². The molecular weight excluding hydrogens is 342 g/mol. The van der Waals surface area contributed by atoms with Gasteiger partial charge in [-0.15, -0.1) is 0 Å². The molecule has 142 valence electrons.